The Balaban J connectivity index is 2.08. The highest BCUT2D eigenvalue weighted by Gasteiger charge is 2.09. The summed E-state index contributed by atoms with van der Waals surface area (Å²) in [5, 5.41) is 13.0. The van der Waals surface area contributed by atoms with Gasteiger partial charge in [-0.3, -0.25) is 4.79 Å². The van der Waals surface area contributed by atoms with Crippen molar-refractivity contribution in [2.45, 2.75) is 6.42 Å². The molecule has 2 rings (SSSR count). The molecule has 66 valence electrons. The van der Waals surface area contributed by atoms with E-state index >= 15 is 0 Å². The number of tetrazole rings is 1. The van der Waals surface area contributed by atoms with Gasteiger partial charge in [0.1, 0.15) is 0 Å². The number of carbonyl (C=O) groups excluding carboxylic acids is 1. The molecule has 0 amide bonds. The smallest absolute Gasteiger partial charge is 0.186 e. The fraction of sp³-hybridized carbons (Fsp3) is 0.143. The van der Waals surface area contributed by atoms with Gasteiger partial charge in [-0.05, 0) is 12.1 Å². The molecule has 6 nitrogen and oxygen atoms in total. The molecule has 2 aromatic heterocycles. The largest absolute Gasteiger partial charge is 0.359 e. The van der Waals surface area contributed by atoms with E-state index in [9.17, 15) is 4.79 Å². The Morgan fingerprint density at radius 1 is 1.54 bits per heavy atom. The van der Waals surface area contributed by atoms with Crippen LogP contribution in [0, 0.1) is 0 Å². The molecule has 13 heavy (non-hydrogen) atoms. The monoisotopic (exact) mass is 177 g/mol. The van der Waals surface area contributed by atoms with Gasteiger partial charge in [0.05, 0.1) is 12.1 Å². The summed E-state index contributed by atoms with van der Waals surface area (Å²) in [5.74, 6) is 0.353. The van der Waals surface area contributed by atoms with Crippen molar-refractivity contribution in [3.8, 4) is 0 Å². The zero-order valence-corrected chi connectivity index (χ0v) is 6.69. The number of ketones is 1. The van der Waals surface area contributed by atoms with Crippen molar-refractivity contribution >= 4 is 5.78 Å². The second-order valence-corrected chi connectivity index (χ2v) is 2.51. The van der Waals surface area contributed by atoms with E-state index in [4.69, 9.17) is 0 Å². The maximum absolute atomic E-state index is 11.4. The van der Waals surface area contributed by atoms with E-state index in [0.717, 1.165) is 0 Å². The first-order valence-corrected chi connectivity index (χ1v) is 3.75. The lowest BCUT2D eigenvalue weighted by Gasteiger charge is -1.91. The highest BCUT2D eigenvalue weighted by molar-refractivity contribution is 5.95. The van der Waals surface area contributed by atoms with E-state index in [0.29, 0.717) is 11.5 Å². The first kappa shape index (κ1) is 7.66. The predicted molar refractivity (Wildman–Crippen MR) is 43.0 cm³/mol. The second-order valence-electron chi connectivity index (χ2n) is 2.51. The predicted octanol–water partition coefficient (Wildman–Crippen LogP) is -0.0468. The molecular weight excluding hydrogens is 170 g/mol. The molecule has 0 fully saturated rings. The highest BCUT2D eigenvalue weighted by Crippen LogP contribution is 1.99. The molecule has 0 aliphatic rings. The first-order valence-electron chi connectivity index (χ1n) is 3.75. The number of carbonyl (C=O) groups is 1. The Kier molecular flexibility index (Phi) is 1.87. The van der Waals surface area contributed by atoms with Gasteiger partial charge in [0.15, 0.2) is 11.6 Å². The van der Waals surface area contributed by atoms with Gasteiger partial charge in [-0.15, -0.1) is 10.2 Å². The maximum Gasteiger partial charge on any atom is 0.186 e. The number of Topliss-reactive ketones (excluding diaryl/α,β-unsaturated/α-hetero) is 1. The van der Waals surface area contributed by atoms with Crippen molar-refractivity contribution in [2.75, 3.05) is 0 Å². The third-order valence-corrected chi connectivity index (χ3v) is 1.61. The Labute approximate surface area is 73.4 Å². The van der Waals surface area contributed by atoms with Crippen molar-refractivity contribution in [1.82, 2.24) is 25.6 Å². The molecule has 2 N–H and O–H groups in total. The summed E-state index contributed by atoms with van der Waals surface area (Å²) >= 11 is 0. The minimum Gasteiger partial charge on any atom is -0.359 e. The van der Waals surface area contributed by atoms with Crippen LogP contribution < -0.4 is 0 Å². The lowest BCUT2D eigenvalue weighted by Crippen LogP contribution is -2.05. The van der Waals surface area contributed by atoms with Crippen LogP contribution in [0.25, 0.3) is 0 Å². The fourth-order valence-electron chi connectivity index (χ4n) is 1.00. The van der Waals surface area contributed by atoms with Gasteiger partial charge in [0.25, 0.3) is 0 Å². The van der Waals surface area contributed by atoms with E-state index in [1.54, 1.807) is 18.3 Å². The number of hydrogen-bond donors (Lipinski definition) is 2. The average Bonchev–Trinajstić information content (AvgIpc) is 2.74. The van der Waals surface area contributed by atoms with Crippen LogP contribution in [-0.2, 0) is 6.42 Å². The number of rotatable bonds is 3. The van der Waals surface area contributed by atoms with E-state index in [-0.39, 0.29) is 12.2 Å². The number of H-pyrrole nitrogens is 2. The Hall–Kier alpha value is -1.98. The lowest BCUT2D eigenvalue weighted by atomic mass is 10.2. The van der Waals surface area contributed by atoms with Crippen LogP contribution in [0.5, 0.6) is 0 Å². The van der Waals surface area contributed by atoms with E-state index in [2.05, 4.69) is 25.6 Å². The summed E-state index contributed by atoms with van der Waals surface area (Å²) in [6.45, 7) is 0. The quantitative estimate of drug-likeness (QED) is 0.643. The van der Waals surface area contributed by atoms with Crippen LogP contribution >= 0.6 is 0 Å². The second kappa shape index (κ2) is 3.18. The Bertz CT molecular complexity index is 377. The third-order valence-electron chi connectivity index (χ3n) is 1.61. The normalized spacial score (nSPS) is 10.2. The summed E-state index contributed by atoms with van der Waals surface area (Å²) in [6.07, 6.45) is 1.86. The number of aromatic nitrogens is 5. The van der Waals surface area contributed by atoms with Crippen molar-refractivity contribution < 1.29 is 4.79 Å². The van der Waals surface area contributed by atoms with Crippen LogP contribution in [0.3, 0.4) is 0 Å². The minimum atomic E-state index is -0.0496. The molecule has 0 bridgehead atoms. The summed E-state index contributed by atoms with van der Waals surface area (Å²) in [5.41, 5.74) is 0.560. The van der Waals surface area contributed by atoms with Crippen molar-refractivity contribution in [3.63, 3.8) is 0 Å². The summed E-state index contributed by atoms with van der Waals surface area (Å²) in [4.78, 5) is 14.2. The van der Waals surface area contributed by atoms with Gasteiger partial charge in [-0.25, -0.2) is 0 Å². The van der Waals surface area contributed by atoms with Crippen LogP contribution in [0.4, 0.5) is 0 Å². The maximum atomic E-state index is 11.4. The summed E-state index contributed by atoms with van der Waals surface area (Å²) < 4.78 is 0. The summed E-state index contributed by atoms with van der Waals surface area (Å²) in [7, 11) is 0. The van der Waals surface area contributed by atoms with Gasteiger partial charge >= 0.3 is 0 Å². The first-order chi connectivity index (χ1) is 6.36. The number of hydrogen-bond acceptors (Lipinski definition) is 4. The van der Waals surface area contributed by atoms with Gasteiger partial charge in [0.2, 0.25) is 0 Å². The molecule has 0 aliphatic heterocycles. The number of aromatic amines is 2. The average molecular weight is 177 g/mol. The molecule has 0 saturated carbocycles. The molecule has 0 saturated heterocycles. The van der Waals surface area contributed by atoms with E-state index in [1.165, 1.54) is 0 Å². The molecular formula is C7H7N5O. The standard InChI is InChI=1S/C7H7N5O/c13-6(5-2-1-3-8-5)4-7-9-11-12-10-7/h1-3,8H,4H2,(H,9,10,11,12). The van der Waals surface area contributed by atoms with Gasteiger partial charge in [-0.1, -0.05) is 5.21 Å². The number of nitrogens with one attached hydrogen (secondary N) is 2. The Morgan fingerprint density at radius 3 is 3.08 bits per heavy atom. The molecule has 0 atom stereocenters. The molecule has 2 heterocycles. The van der Waals surface area contributed by atoms with E-state index in [1.807, 2.05) is 0 Å². The molecule has 0 unspecified atom stereocenters. The van der Waals surface area contributed by atoms with Crippen molar-refractivity contribution in [2.24, 2.45) is 0 Å². The minimum absolute atomic E-state index is 0.0496. The van der Waals surface area contributed by atoms with E-state index < -0.39 is 0 Å². The lowest BCUT2D eigenvalue weighted by molar-refractivity contribution is 0.0986. The summed E-state index contributed by atoms with van der Waals surface area (Å²) in [6, 6.07) is 3.48. The van der Waals surface area contributed by atoms with Gasteiger partial charge in [-0.2, -0.15) is 5.21 Å². The number of nitrogens with zero attached hydrogens (tertiary/aromatic N) is 3. The molecule has 6 heteroatoms. The van der Waals surface area contributed by atoms with Crippen molar-refractivity contribution in [1.29, 1.82) is 0 Å². The van der Waals surface area contributed by atoms with Crippen LogP contribution in [0.2, 0.25) is 0 Å². The van der Waals surface area contributed by atoms with Crippen LogP contribution in [-0.4, -0.2) is 31.4 Å². The molecule has 0 radical (unpaired) electrons. The van der Waals surface area contributed by atoms with Crippen LogP contribution in [0.15, 0.2) is 18.3 Å². The van der Waals surface area contributed by atoms with Crippen molar-refractivity contribution in [3.05, 3.63) is 29.8 Å². The Morgan fingerprint density at radius 2 is 2.46 bits per heavy atom. The van der Waals surface area contributed by atoms with Gasteiger partial charge < -0.3 is 4.98 Å². The fourth-order valence-corrected chi connectivity index (χ4v) is 1.00. The third kappa shape index (κ3) is 1.61. The molecule has 0 spiro atoms. The molecule has 0 aromatic carbocycles. The zero-order chi connectivity index (χ0) is 9.10. The highest BCUT2D eigenvalue weighted by atomic mass is 16.1. The van der Waals surface area contributed by atoms with Gasteiger partial charge in [0, 0.05) is 6.20 Å². The molecule has 0 aliphatic carbocycles. The topological polar surface area (TPSA) is 87.3 Å². The van der Waals surface area contributed by atoms with Crippen LogP contribution in [0.1, 0.15) is 16.3 Å². The zero-order valence-electron chi connectivity index (χ0n) is 6.69. The molecule has 2 aromatic rings. The SMILES string of the molecule is O=C(Cc1nn[nH]n1)c1ccc[nH]1.